The highest BCUT2D eigenvalue weighted by atomic mass is 19.3. The van der Waals surface area contributed by atoms with Crippen LogP contribution in [-0.2, 0) is 10.7 Å². The van der Waals surface area contributed by atoms with Crippen LogP contribution in [0.1, 0.15) is 43.4 Å². The van der Waals surface area contributed by atoms with Gasteiger partial charge in [0.25, 0.3) is 5.92 Å². The van der Waals surface area contributed by atoms with Gasteiger partial charge < -0.3 is 10.4 Å². The number of aromatic hydroxyl groups is 1. The molecule has 8 heteroatoms. The Bertz CT molecular complexity index is 943. The summed E-state index contributed by atoms with van der Waals surface area (Å²) in [7, 11) is 0. The number of phenolic OH excluding ortho intramolecular Hbond substituents is 1. The third-order valence-electron chi connectivity index (χ3n) is 5.58. The molecule has 0 saturated carbocycles. The first-order chi connectivity index (χ1) is 14.1. The molecule has 2 N–H and O–H groups in total. The van der Waals surface area contributed by atoms with Crippen LogP contribution in [0.4, 0.5) is 14.6 Å². The number of piperidine rings is 1. The Hall–Kier alpha value is -2.61. The van der Waals surface area contributed by atoms with Crippen LogP contribution >= 0.6 is 0 Å². The van der Waals surface area contributed by atoms with Crippen molar-refractivity contribution in [1.29, 1.82) is 0 Å². The van der Waals surface area contributed by atoms with Gasteiger partial charge in [-0.2, -0.15) is 0 Å². The molecule has 0 bridgehead atoms. The predicted molar refractivity (Wildman–Crippen MR) is 112 cm³/mol. The number of nitrogens with zero attached hydrogens (tertiary/aromatic N) is 3. The van der Waals surface area contributed by atoms with Gasteiger partial charge in [0.15, 0.2) is 5.82 Å². The van der Waals surface area contributed by atoms with Gasteiger partial charge >= 0.3 is 0 Å². The number of halogens is 2. The average Bonchev–Trinajstić information content (AvgIpc) is 2.65. The zero-order valence-corrected chi connectivity index (χ0v) is 17.8. The fourth-order valence-corrected chi connectivity index (χ4v) is 3.83. The van der Waals surface area contributed by atoms with Crippen molar-refractivity contribution in [3.8, 4) is 17.0 Å². The number of carbonyl (C=O) groups is 1. The smallest absolute Gasteiger partial charge is 0.270 e. The van der Waals surface area contributed by atoms with Gasteiger partial charge in [-0.1, -0.05) is 6.07 Å². The van der Waals surface area contributed by atoms with E-state index in [0.717, 1.165) is 50.0 Å². The number of nitrogens with one attached hydrogen (secondary N) is 1. The second kappa shape index (κ2) is 8.63. The second-order valence-electron chi connectivity index (χ2n) is 8.19. The number of anilines is 1. The molecule has 162 valence electrons. The molecule has 0 amide bonds. The summed E-state index contributed by atoms with van der Waals surface area (Å²) in [4.78, 5) is 13.5. The summed E-state index contributed by atoms with van der Waals surface area (Å²) in [5, 5.41) is 22.3. The molecule has 1 aromatic heterocycles. The minimum absolute atomic E-state index is 0.151. The normalized spacial score (nSPS) is 17.7. The molecule has 2 aromatic rings. The molecule has 1 aromatic carbocycles. The Morgan fingerprint density at radius 2 is 2.03 bits per heavy atom. The van der Waals surface area contributed by atoms with Crippen LogP contribution < -0.4 is 5.32 Å². The van der Waals surface area contributed by atoms with Gasteiger partial charge in [0.05, 0.1) is 12.2 Å². The maximum absolute atomic E-state index is 13.5. The Balaban J connectivity index is 1.82. The van der Waals surface area contributed by atoms with E-state index in [2.05, 4.69) is 20.4 Å². The molecule has 30 heavy (non-hydrogen) atoms. The number of benzene rings is 1. The molecule has 1 aliphatic rings. The third kappa shape index (κ3) is 4.92. The number of Topliss-reactive ketones (excluding diaryl/α,β-unsaturated/α-hetero) is 1. The fraction of sp³-hybridized carbons (Fsp3) is 0.500. The number of ketones is 1. The fourth-order valence-electron chi connectivity index (χ4n) is 3.83. The minimum Gasteiger partial charge on any atom is -0.507 e. The first-order valence-electron chi connectivity index (χ1n) is 10.1. The molecule has 3 rings (SSSR count). The highest BCUT2D eigenvalue weighted by Gasteiger charge is 2.26. The molecule has 0 spiro atoms. The lowest BCUT2D eigenvalue weighted by Gasteiger charge is -2.33. The summed E-state index contributed by atoms with van der Waals surface area (Å²) in [5.41, 5.74) is 2.27. The maximum Gasteiger partial charge on any atom is 0.270 e. The van der Waals surface area contributed by atoms with E-state index in [1.54, 1.807) is 6.92 Å². The van der Waals surface area contributed by atoms with E-state index in [4.69, 9.17) is 0 Å². The lowest BCUT2D eigenvalue weighted by Crippen LogP contribution is -2.44. The van der Waals surface area contributed by atoms with E-state index in [-0.39, 0.29) is 23.1 Å². The van der Waals surface area contributed by atoms with Gasteiger partial charge in [0, 0.05) is 30.6 Å². The number of hydrogen-bond donors (Lipinski definition) is 2. The molecule has 2 heterocycles. The quantitative estimate of drug-likeness (QED) is 0.737. The molecule has 0 unspecified atom stereocenters. The Kier molecular flexibility index (Phi) is 6.36. The van der Waals surface area contributed by atoms with Gasteiger partial charge in [-0.3, -0.25) is 9.69 Å². The van der Waals surface area contributed by atoms with Crippen LogP contribution in [0.25, 0.3) is 11.3 Å². The van der Waals surface area contributed by atoms with E-state index in [1.807, 2.05) is 13.8 Å². The van der Waals surface area contributed by atoms with E-state index in [9.17, 15) is 18.7 Å². The Morgan fingerprint density at radius 1 is 1.30 bits per heavy atom. The highest BCUT2D eigenvalue weighted by Crippen LogP contribution is 2.37. The van der Waals surface area contributed by atoms with E-state index in [1.165, 1.54) is 12.1 Å². The summed E-state index contributed by atoms with van der Waals surface area (Å²) < 4.78 is 27.0. The monoisotopic (exact) mass is 418 g/mol. The van der Waals surface area contributed by atoms with Crippen molar-refractivity contribution in [2.75, 3.05) is 25.0 Å². The maximum atomic E-state index is 13.5. The van der Waals surface area contributed by atoms with Crippen LogP contribution in [0.2, 0.25) is 0 Å². The van der Waals surface area contributed by atoms with Gasteiger partial charge in [0.1, 0.15) is 11.5 Å². The van der Waals surface area contributed by atoms with Crippen molar-refractivity contribution in [3.05, 3.63) is 34.9 Å². The second-order valence-corrected chi connectivity index (χ2v) is 8.19. The lowest BCUT2D eigenvalue weighted by molar-refractivity contribution is -0.118. The molecule has 1 fully saturated rings. The van der Waals surface area contributed by atoms with Gasteiger partial charge in [0.2, 0.25) is 0 Å². The average molecular weight is 418 g/mol. The summed E-state index contributed by atoms with van der Waals surface area (Å²) in [6, 6.07) is 3.98. The molecule has 0 aliphatic carbocycles. The van der Waals surface area contributed by atoms with Crippen LogP contribution in [0.15, 0.2) is 18.2 Å². The van der Waals surface area contributed by atoms with Crippen molar-refractivity contribution in [3.63, 3.8) is 0 Å². The zero-order valence-electron chi connectivity index (χ0n) is 17.8. The standard InChI is InChI=1S/C22H28F2N4O2/c1-13(29)11-28-9-5-6-17(12-28)25-21-15(3)14(2)20(26-27-21)18-8-7-16(10-19(18)30)22(4,23)24/h7-8,10,17,30H,5-6,9,11-12H2,1-4H3,(H,25,27)/t17-/m1/s1. The largest absolute Gasteiger partial charge is 0.507 e. The van der Waals surface area contributed by atoms with E-state index in [0.29, 0.717) is 23.6 Å². The Morgan fingerprint density at radius 3 is 2.67 bits per heavy atom. The molecule has 1 aliphatic heterocycles. The van der Waals surface area contributed by atoms with E-state index >= 15 is 0 Å². The number of rotatable bonds is 6. The van der Waals surface area contributed by atoms with Crippen LogP contribution in [0.5, 0.6) is 5.75 Å². The van der Waals surface area contributed by atoms with Crippen molar-refractivity contribution >= 4 is 11.6 Å². The number of hydrogen-bond acceptors (Lipinski definition) is 6. The van der Waals surface area contributed by atoms with Crippen molar-refractivity contribution in [2.45, 2.75) is 52.5 Å². The minimum atomic E-state index is -3.03. The van der Waals surface area contributed by atoms with Crippen LogP contribution in [0, 0.1) is 13.8 Å². The number of aromatic nitrogens is 2. The molecule has 0 radical (unpaired) electrons. The molecule has 1 atom stereocenters. The first kappa shape index (κ1) is 22.1. The molecular weight excluding hydrogens is 390 g/mol. The van der Waals surface area contributed by atoms with Gasteiger partial charge in [-0.25, -0.2) is 8.78 Å². The van der Waals surface area contributed by atoms with Crippen LogP contribution in [0.3, 0.4) is 0 Å². The Labute approximate surface area is 175 Å². The summed E-state index contributed by atoms with van der Waals surface area (Å²) in [5.74, 6) is -2.48. The number of phenols is 1. The topological polar surface area (TPSA) is 78.4 Å². The van der Waals surface area contributed by atoms with Gasteiger partial charge in [-0.05, 0) is 63.4 Å². The summed E-state index contributed by atoms with van der Waals surface area (Å²) >= 11 is 0. The molecule has 6 nitrogen and oxygen atoms in total. The number of likely N-dealkylation sites (tertiary alicyclic amines) is 1. The summed E-state index contributed by atoms with van der Waals surface area (Å²) in [6.45, 7) is 8.29. The number of alkyl halides is 2. The summed E-state index contributed by atoms with van der Waals surface area (Å²) in [6.07, 6.45) is 1.97. The lowest BCUT2D eigenvalue weighted by atomic mass is 9.99. The van der Waals surface area contributed by atoms with Crippen molar-refractivity contribution in [1.82, 2.24) is 15.1 Å². The van der Waals surface area contributed by atoms with Crippen molar-refractivity contribution < 1.29 is 18.7 Å². The number of carbonyl (C=O) groups excluding carboxylic acids is 1. The van der Waals surface area contributed by atoms with Crippen molar-refractivity contribution in [2.24, 2.45) is 0 Å². The predicted octanol–water partition coefficient (Wildman–Crippen LogP) is 4.04. The first-order valence-corrected chi connectivity index (χ1v) is 10.1. The zero-order chi connectivity index (χ0) is 22.1. The van der Waals surface area contributed by atoms with Gasteiger partial charge in [-0.15, -0.1) is 10.2 Å². The molecular formula is C22H28F2N4O2. The third-order valence-corrected chi connectivity index (χ3v) is 5.58. The highest BCUT2D eigenvalue weighted by molar-refractivity contribution is 5.77. The molecule has 1 saturated heterocycles. The van der Waals surface area contributed by atoms with E-state index < -0.39 is 5.92 Å². The SMILES string of the molecule is CC(=O)CN1CCC[C@@H](Nc2nnc(-c3ccc(C(C)(F)F)cc3O)c(C)c2C)C1. The van der Waals surface area contributed by atoms with Crippen LogP contribution in [-0.4, -0.2) is 51.7 Å².